The molecule has 0 N–H and O–H groups in total. The Morgan fingerprint density at radius 2 is 1.94 bits per heavy atom. The largest absolute Gasteiger partial charge is 0.368 e. The van der Waals surface area contributed by atoms with E-state index in [-0.39, 0.29) is 0 Å². The SMILES string of the molecule is BrCc1cc(Br)ccc1N(CC1CC1)C1CC1. The van der Waals surface area contributed by atoms with E-state index in [2.05, 4.69) is 55.0 Å². The van der Waals surface area contributed by atoms with Gasteiger partial charge >= 0.3 is 0 Å². The van der Waals surface area contributed by atoms with E-state index in [9.17, 15) is 0 Å². The molecule has 0 saturated heterocycles. The molecular formula is C14H17Br2N. The van der Waals surface area contributed by atoms with Gasteiger partial charge in [-0.3, -0.25) is 0 Å². The van der Waals surface area contributed by atoms with Crippen LogP contribution in [0, 0.1) is 5.92 Å². The number of nitrogens with zero attached hydrogens (tertiary/aromatic N) is 1. The number of alkyl halides is 1. The summed E-state index contributed by atoms with van der Waals surface area (Å²) in [6, 6.07) is 7.51. The molecule has 0 radical (unpaired) electrons. The van der Waals surface area contributed by atoms with Gasteiger partial charge in [-0.1, -0.05) is 31.9 Å². The lowest BCUT2D eigenvalue weighted by atomic mass is 10.1. The van der Waals surface area contributed by atoms with E-state index in [1.807, 2.05) is 0 Å². The molecular weight excluding hydrogens is 342 g/mol. The predicted octanol–water partition coefficient (Wildman–Crippen LogP) is 4.72. The Labute approximate surface area is 120 Å². The molecule has 0 aromatic heterocycles. The summed E-state index contributed by atoms with van der Waals surface area (Å²) in [4.78, 5) is 2.65. The molecule has 2 saturated carbocycles. The van der Waals surface area contributed by atoms with Crippen molar-refractivity contribution in [2.24, 2.45) is 5.92 Å². The van der Waals surface area contributed by atoms with Crippen molar-refractivity contribution < 1.29 is 0 Å². The lowest BCUT2D eigenvalue weighted by Crippen LogP contribution is -2.28. The molecule has 2 fully saturated rings. The van der Waals surface area contributed by atoms with Crippen LogP contribution in [0.15, 0.2) is 22.7 Å². The van der Waals surface area contributed by atoms with E-state index in [4.69, 9.17) is 0 Å². The predicted molar refractivity (Wildman–Crippen MR) is 79.9 cm³/mol. The van der Waals surface area contributed by atoms with E-state index >= 15 is 0 Å². The maximum atomic E-state index is 3.61. The van der Waals surface area contributed by atoms with Crippen LogP contribution in [0.2, 0.25) is 0 Å². The van der Waals surface area contributed by atoms with Gasteiger partial charge in [-0.25, -0.2) is 0 Å². The van der Waals surface area contributed by atoms with Crippen LogP contribution in [0.3, 0.4) is 0 Å². The van der Waals surface area contributed by atoms with Crippen molar-refractivity contribution in [2.75, 3.05) is 11.4 Å². The number of rotatable bonds is 5. The standard InChI is InChI=1S/C14H17Br2N/c15-8-11-7-12(16)3-6-14(11)17(13-4-5-13)9-10-1-2-10/h3,6-7,10,13H,1-2,4-5,8-9H2. The fraction of sp³-hybridized carbons (Fsp3) is 0.571. The van der Waals surface area contributed by atoms with Crippen LogP contribution < -0.4 is 4.90 Å². The monoisotopic (exact) mass is 357 g/mol. The van der Waals surface area contributed by atoms with Gasteiger partial charge in [0.15, 0.2) is 0 Å². The average molecular weight is 359 g/mol. The first-order valence-corrected chi connectivity index (χ1v) is 8.30. The third-order valence-electron chi connectivity index (χ3n) is 3.63. The van der Waals surface area contributed by atoms with Crippen molar-refractivity contribution >= 4 is 37.5 Å². The Balaban J connectivity index is 1.87. The van der Waals surface area contributed by atoms with Gasteiger partial charge in [-0.05, 0) is 55.4 Å². The summed E-state index contributed by atoms with van der Waals surface area (Å²) in [6.45, 7) is 1.27. The molecule has 17 heavy (non-hydrogen) atoms. The van der Waals surface area contributed by atoms with E-state index < -0.39 is 0 Å². The Kier molecular flexibility index (Phi) is 3.49. The Bertz CT molecular complexity index is 411. The molecule has 0 amide bonds. The molecule has 1 nitrogen and oxygen atoms in total. The number of hydrogen-bond donors (Lipinski definition) is 0. The zero-order valence-corrected chi connectivity index (χ0v) is 13.0. The summed E-state index contributed by atoms with van der Waals surface area (Å²) < 4.78 is 1.18. The number of benzene rings is 1. The number of hydrogen-bond acceptors (Lipinski definition) is 1. The van der Waals surface area contributed by atoms with Crippen LogP contribution in [0.5, 0.6) is 0 Å². The van der Waals surface area contributed by atoms with Crippen LogP contribution in [0.4, 0.5) is 5.69 Å². The highest BCUT2D eigenvalue weighted by molar-refractivity contribution is 9.10. The van der Waals surface area contributed by atoms with E-state index in [0.717, 1.165) is 17.3 Å². The maximum absolute atomic E-state index is 3.61. The summed E-state index contributed by atoms with van der Waals surface area (Å²) in [5.41, 5.74) is 2.85. The minimum absolute atomic E-state index is 0.814. The molecule has 0 bridgehead atoms. The topological polar surface area (TPSA) is 3.24 Å². The third-order valence-corrected chi connectivity index (χ3v) is 4.73. The second-order valence-corrected chi connectivity index (χ2v) is 6.71. The molecule has 0 atom stereocenters. The molecule has 1 aromatic rings. The molecule has 92 valence electrons. The number of anilines is 1. The van der Waals surface area contributed by atoms with Crippen LogP contribution in [-0.4, -0.2) is 12.6 Å². The van der Waals surface area contributed by atoms with Gasteiger partial charge in [0.25, 0.3) is 0 Å². The first-order valence-electron chi connectivity index (χ1n) is 6.39. The van der Waals surface area contributed by atoms with Gasteiger partial charge in [-0.15, -0.1) is 0 Å². The molecule has 0 heterocycles. The van der Waals surface area contributed by atoms with Crippen LogP contribution in [-0.2, 0) is 5.33 Å². The molecule has 3 rings (SSSR count). The summed E-state index contributed by atoms with van der Waals surface area (Å²) in [5, 5.41) is 0.940. The van der Waals surface area contributed by atoms with Crippen LogP contribution in [0.1, 0.15) is 31.2 Å². The third kappa shape index (κ3) is 2.87. The zero-order valence-electron chi connectivity index (χ0n) is 9.83. The lowest BCUT2D eigenvalue weighted by molar-refractivity contribution is 0.716. The highest BCUT2D eigenvalue weighted by Crippen LogP contribution is 2.39. The van der Waals surface area contributed by atoms with Crippen molar-refractivity contribution in [2.45, 2.75) is 37.1 Å². The van der Waals surface area contributed by atoms with Crippen molar-refractivity contribution in [1.82, 2.24) is 0 Å². The summed E-state index contributed by atoms with van der Waals surface area (Å²) in [5.74, 6) is 0.961. The molecule has 1 aromatic carbocycles. The van der Waals surface area contributed by atoms with Crippen LogP contribution >= 0.6 is 31.9 Å². The quantitative estimate of drug-likeness (QED) is 0.688. The molecule has 3 heteroatoms. The highest BCUT2D eigenvalue weighted by Gasteiger charge is 2.34. The molecule has 2 aliphatic rings. The summed E-state index contributed by atoms with van der Waals surface area (Å²) >= 11 is 7.18. The summed E-state index contributed by atoms with van der Waals surface area (Å²) in [6.07, 6.45) is 5.63. The first kappa shape index (κ1) is 12.0. The first-order chi connectivity index (χ1) is 8.28. The van der Waals surface area contributed by atoms with Gasteiger partial charge in [-0.2, -0.15) is 0 Å². The van der Waals surface area contributed by atoms with E-state index in [1.165, 1.54) is 48.0 Å². The smallest absolute Gasteiger partial charge is 0.0410 e. The van der Waals surface area contributed by atoms with Crippen molar-refractivity contribution in [3.63, 3.8) is 0 Å². The Hall–Kier alpha value is -0.0200. The van der Waals surface area contributed by atoms with Crippen molar-refractivity contribution in [3.8, 4) is 0 Å². The van der Waals surface area contributed by atoms with Gasteiger partial charge in [0.2, 0.25) is 0 Å². The van der Waals surface area contributed by atoms with Gasteiger partial charge < -0.3 is 4.90 Å². The minimum Gasteiger partial charge on any atom is -0.368 e. The fourth-order valence-electron chi connectivity index (χ4n) is 2.35. The average Bonchev–Trinajstić information content (AvgIpc) is 3.18. The minimum atomic E-state index is 0.814. The van der Waals surface area contributed by atoms with Gasteiger partial charge in [0.1, 0.15) is 0 Å². The molecule has 0 spiro atoms. The van der Waals surface area contributed by atoms with E-state index in [0.29, 0.717) is 0 Å². The zero-order chi connectivity index (χ0) is 11.8. The molecule has 0 aliphatic heterocycles. The maximum Gasteiger partial charge on any atom is 0.0410 e. The Morgan fingerprint density at radius 3 is 2.53 bits per heavy atom. The van der Waals surface area contributed by atoms with Crippen molar-refractivity contribution in [3.05, 3.63) is 28.2 Å². The Morgan fingerprint density at radius 1 is 1.18 bits per heavy atom. The van der Waals surface area contributed by atoms with E-state index in [1.54, 1.807) is 0 Å². The lowest BCUT2D eigenvalue weighted by Gasteiger charge is -2.27. The summed E-state index contributed by atoms with van der Waals surface area (Å²) in [7, 11) is 0. The fourth-order valence-corrected chi connectivity index (χ4v) is 3.21. The second kappa shape index (κ2) is 4.93. The normalized spacial score (nSPS) is 19.4. The van der Waals surface area contributed by atoms with Gasteiger partial charge in [0, 0.05) is 28.1 Å². The van der Waals surface area contributed by atoms with Crippen molar-refractivity contribution in [1.29, 1.82) is 0 Å². The van der Waals surface area contributed by atoms with Gasteiger partial charge in [0.05, 0.1) is 0 Å². The van der Waals surface area contributed by atoms with Crippen LogP contribution in [0.25, 0.3) is 0 Å². The molecule has 2 aliphatic carbocycles. The second-order valence-electron chi connectivity index (χ2n) is 5.23. The molecule has 0 unspecified atom stereocenters. The highest BCUT2D eigenvalue weighted by atomic mass is 79.9. The number of halogens is 2.